The number of carboxylic acid groups (broad SMARTS) is 1. The van der Waals surface area contributed by atoms with Crippen molar-refractivity contribution < 1.29 is 24.4 Å². The van der Waals surface area contributed by atoms with E-state index < -0.39 is 16.8 Å². The SMILES string of the molecule is O=C(O)C=CCN1C(=O)COc2ccc([N+](=O)[O-])cc21. The van der Waals surface area contributed by atoms with E-state index >= 15 is 0 Å². The Morgan fingerprint density at radius 3 is 2.95 bits per heavy atom. The number of aliphatic carboxylic acids is 1. The van der Waals surface area contributed by atoms with E-state index in [2.05, 4.69) is 0 Å². The summed E-state index contributed by atoms with van der Waals surface area (Å²) in [5.74, 6) is -1.18. The Labute approximate surface area is 113 Å². The number of anilines is 1. The van der Waals surface area contributed by atoms with E-state index in [9.17, 15) is 19.7 Å². The number of nitrogens with zero attached hydrogens (tertiary/aromatic N) is 2. The first-order chi connectivity index (χ1) is 9.49. The van der Waals surface area contributed by atoms with Gasteiger partial charge in [0.25, 0.3) is 11.6 Å². The number of carbonyl (C=O) groups excluding carboxylic acids is 1. The summed E-state index contributed by atoms with van der Waals surface area (Å²) < 4.78 is 5.17. The van der Waals surface area contributed by atoms with Crippen LogP contribution in [0.4, 0.5) is 11.4 Å². The molecule has 0 unspecified atom stereocenters. The van der Waals surface area contributed by atoms with Crippen molar-refractivity contribution in [2.24, 2.45) is 0 Å². The van der Waals surface area contributed by atoms with Crippen molar-refractivity contribution in [2.75, 3.05) is 18.1 Å². The Balaban J connectivity index is 2.33. The predicted octanol–water partition coefficient (Wildman–Crippen LogP) is 0.961. The van der Waals surface area contributed by atoms with Crippen molar-refractivity contribution >= 4 is 23.3 Å². The lowest BCUT2D eigenvalue weighted by atomic mass is 10.2. The molecule has 1 heterocycles. The maximum Gasteiger partial charge on any atom is 0.328 e. The molecule has 8 nitrogen and oxygen atoms in total. The van der Waals surface area contributed by atoms with Gasteiger partial charge >= 0.3 is 5.97 Å². The van der Waals surface area contributed by atoms with E-state index in [1.54, 1.807) is 0 Å². The van der Waals surface area contributed by atoms with Gasteiger partial charge in [0.15, 0.2) is 6.61 Å². The average molecular weight is 278 g/mol. The zero-order valence-electron chi connectivity index (χ0n) is 10.2. The van der Waals surface area contributed by atoms with Gasteiger partial charge in [-0.05, 0) is 6.07 Å². The summed E-state index contributed by atoms with van der Waals surface area (Å²) in [6.07, 6.45) is 2.19. The molecule has 0 aromatic heterocycles. The van der Waals surface area contributed by atoms with Gasteiger partial charge in [-0.1, -0.05) is 6.08 Å². The number of rotatable bonds is 4. The molecule has 20 heavy (non-hydrogen) atoms. The topological polar surface area (TPSA) is 110 Å². The van der Waals surface area contributed by atoms with Crippen molar-refractivity contribution in [3.05, 3.63) is 40.5 Å². The lowest BCUT2D eigenvalue weighted by molar-refractivity contribution is -0.384. The number of carboxylic acids is 1. The van der Waals surface area contributed by atoms with Gasteiger partial charge in [0.05, 0.1) is 10.6 Å². The minimum atomic E-state index is -1.13. The van der Waals surface area contributed by atoms with Crippen LogP contribution in [0.25, 0.3) is 0 Å². The Bertz CT molecular complexity index is 610. The number of fused-ring (bicyclic) bond motifs is 1. The van der Waals surface area contributed by atoms with Gasteiger partial charge in [0.2, 0.25) is 0 Å². The highest BCUT2D eigenvalue weighted by Crippen LogP contribution is 2.35. The molecule has 0 saturated heterocycles. The van der Waals surface area contributed by atoms with E-state index in [0.717, 1.165) is 6.08 Å². The molecular formula is C12H10N2O6. The van der Waals surface area contributed by atoms with Crippen molar-refractivity contribution in [3.63, 3.8) is 0 Å². The van der Waals surface area contributed by atoms with Gasteiger partial charge in [-0.15, -0.1) is 0 Å². The number of nitro benzene ring substituents is 1. The number of nitro groups is 1. The number of hydrogen-bond acceptors (Lipinski definition) is 5. The van der Waals surface area contributed by atoms with Crippen LogP contribution in [0.1, 0.15) is 0 Å². The Kier molecular flexibility index (Phi) is 3.65. The molecule has 2 rings (SSSR count). The van der Waals surface area contributed by atoms with Gasteiger partial charge < -0.3 is 14.7 Å². The summed E-state index contributed by atoms with van der Waals surface area (Å²) in [5.41, 5.74) is 0.0831. The van der Waals surface area contributed by atoms with Crippen molar-refractivity contribution in [2.45, 2.75) is 0 Å². The van der Waals surface area contributed by atoms with Crippen LogP contribution in [0.2, 0.25) is 0 Å². The van der Waals surface area contributed by atoms with Crippen LogP contribution in [0.3, 0.4) is 0 Å². The minimum absolute atomic E-state index is 0.00264. The van der Waals surface area contributed by atoms with E-state index in [4.69, 9.17) is 9.84 Å². The van der Waals surface area contributed by atoms with E-state index in [1.165, 1.54) is 29.2 Å². The molecule has 0 saturated carbocycles. The third-order valence-electron chi connectivity index (χ3n) is 2.64. The highest BCUT2D eigenvalue weighted by Gasteiger charge is 2.26. The summed E-state index contributed by atoms with van der Waals surface area (Å²) in [6, 6.07) is 3.91. The van der Waals surface area contributed by atoms with E-state index in [1.807, 2.05) is 0 Å². The molecule has 0 aliphatic carbocycles. The molecule has 1 aromatic carbocycles. The maximum atomic E-state index is 11.8. The Morgan fingerprint density at radius 1 is 1.55 bits per heavy atom. The Hall–Kier alpha value is -2.90. The fourth-order valence-electron chi connectivity index (χ4n) is 1.76. The normalized spacial score (nSPS) is 14.0. The number of hydrogen-bond donors (Lipinski definition) is 1. The van der Waals surface area contributed by atoms with Gasteiger partial charge in [0, 0.05) is 24.8 Å². The van der Waals surface area contributed by atoms with Crippen LogP contribution in [-0.4, -0.2) is 35.1 Å². The predicted molar refractivity (Wildman–Crippen MR) is 67.7 cm³/mol. The second-order valence-electron chi connectivity index (χ2n) is 3.94. The smallest absolute Gasteiger partial charge is 0.328 e. The molecule has 0 spiro atoms. The monoisotopic (exact) mass is 278 g/mol. The van der Waals surface area contributed by atoms with Crippen LogP contribution in [0.5, 0.6) is 5.75 Å². The highest BCUT2D eigenvalue weighted by atomic mass is 16.6. The quantitative estimate of drug-likeness (QED) is 0.499. The minimum Gasteiger partial charge on any atom is -0.482 e. The lowest BCUT2D eigenvalue weighted by Gasteiger charge is -2.28. The summed E-state index contributed by atoms with van der Waals surface area (Å²) in [4.78, 5) is 33.6. The zero-order valence-corrected chi connectivity index (χ0v) is 10.2. The molecular weight excluding hydrogens is 268 g/mol. The van der Waals surface area contributed by atoms with Gasteiger partial charge in [0.1, 0.15) is 5.75 Å². The number of benzene rings is 1. The summed E-state index contributed by atoms with van der Waals surface area (Å²) >= 11 is 0. The van der Waals surface area contributed by atoms with Crippen LogP contribution in [0.15, 0.2) is 30.4 Å². The average Bonchev–Trinajstić information content (AvgIpc) is 2.40. The fraction of sp³-hybridized carbons (Fsp3) is 0.167. The molecule has 8 heteroatoms. The Morgan fingerprint density at radius 2 is 2.30 bits per heavy atom. The van der Waals surface area contributed by atoms with Gasteiger partial charge in [-0.2, -0.15) is 0 Å². The van der Waals surface area contributed by atoms with Crippen molar-refractivity contribution in [3.8, 4) is 5.75 Å². The summed E-state index contributed by atoms with van der Waals surface area (Å²) in [5, 5.41) is 19.3. The van der Waals surface area contributed by atoms with Gasteiger partial charge in [-0.25, -0.2) is 4.79 Å². The van der Waals surface area contributed by atoms with E-state index in [0.29, 0.717) is 5.75 Å². The number of ether oxygens (including phenoxy) is 1. The molecule has 104 valence electrons. The van der Waals surface area contributed by atoms with Crippen LogP contribution in [0, 0.1) is 10.1 Å². The first kappa shape index (κ1) is 13.5. The van der Waals surface area contributed by atoms with Crippen molar-refractivity contribution in [1.29, 1.82) is 0 Å². The molecule has 0 atom stereocenters. The second-order valence-corrected chi connectivity index (χ2v) is 3.94. The number of amides is 1. The summed E-state index contributed by atoms with van der Waals surface area (Å²) in [6.45, 7) is -0.186. The zero-order chi connectivity index (χ0) is 14.7. The molecule has 1 N–H and O–H groups in total. The maximum absolute atomic E-state index is 11.8. The van der Waals surface area contributed by atoms with Crippen LogP contribution >= 0.6 is 0 Å². The largest absolute Gasteiger partial charge is 0.482 e. The highest BCUT2D eigenvalue weighted by molar-refractivity contribution is 5.98. The lowest BCUT2D eigenvalue weighted by Crippen LogP contribution is -2.38. The standard InChI is InChI=1S/C12H10N2O6/c15-11-7-20-10-4-3-8(14(18)19)6-9(10)13(11)5-1-2-12(16)17/h1-4,6H,5,7H2,(H,16,17). The molecule has 0 radical (unpaired) electrons. The first-order valence-corrected chi connectivity index (χ1v) is 5.60. The second kappa shape index (κ2) is 5.39. The molecule has 1 aliphatic heterocycles. The molecule has 1 amide bonds. The first-order valence-electron chi connectivity index (χ1n) is 5.60. The third kappa shape index (κ3) is 2.74. The molecule has 0 bridgehead atoms. The molecule has 1 aliphatic rings. The number of non-ortho nitro benzene ring substituents is 1. The number of carbonyl (C=O) groups is 2. The summed E-state index contributed by atoms with van der Waals surface area (Å²) in [7, 11) is 0. The van der Waals surface area contributed by atoms with Crippen LogP contribution < -0.4 is 9.64 Å². The molecule has 1 aromatic rings. The fourth-order valence-corrected chi connectivity index (χ4v) is 1.76. The third-order valence-corrected chi connectivity index (χ3v) is 2.64. The van der Waals surface area contributed by atoms with E-state index in [-0.39, 0.29) is 24.5 Å². The van der Waals surface area contributed by atoms with Gasteiger partial charge in [-0.3, -0.25) is 14.9 Å². The van der Waals surface area contributed by atoms with Crippen molar-refractivity contribution in [1.82, 2.24) is 0 Å². The van der Waals surface area contributed by atoms with Crippen LogP contribution in [-0.2, 0) is 9.59 Å². The molecule has 0 fully saturated rings.